The molecule has 6 rings (SSSR count). The summed E-state index contributed by atoms with van der Waals surface area (Å²) in [6, 6.07) is 17.2. The first-order chi connectivity index (χ1) is 17.1. The Labute approximate surface area is 204 Å². The molecule has 0 spiro atoms. The highest BCUT2D eigenvalue weighted by Gasteiger charge is 2.32. The fourth-order valence-electron chi connectivity index (χ4n) is 5.43. The van der Waals surface area contributed by atoms with Gasteiger partial charge in [-0.3, -0.25) is 4.79 Å². The normalized spacial score (nSPS) is 21.1. The van der Waals surface area contributed by atoms with Gasteiger partial charge in [0.1, 0.15) is 29.6 Å². The molecule has 0 radical (unpaired) electrons. The van der Waals surface area contributed by atoms with Gasteiger partial charge in [-0.05, 0) is 54.4 Å². The number of nitrogen functional groups attached to an aromatic ring is 1. The number of carbonyl (C=O) groups is 1. The highest BCUT2D eigenvalue weighted by molar-refractivity contribution is 6.00. The summed E-state index contributed by atoms with van der Waals surface area (Å²) in [7, 11) is 0. The Morgan fingerprint density at radius 2 is 2.00 bits per heavy atom. The van der Waals surface area contributed by atoms with Crippen LogP contribution in [0.5, 0.6) is 5.75 Å². The van der Waals surface area contributed by atoms with Gasteiger partial charge in [0.2, 0.25) is 5.91 Å². The minimum Gasteiger partial charge on any atom is -0.485 e. The molecule has 3 heterocycles. The molecular formula is C28H29N5O2. The molecule has 1 aliphatic heterocycles. The van der Waals surface area contributed by atoms with Crippen molar-refractivity contribution in [3.05, 3.63) is 72.2 Å². The molecule has 7 heteroatoms. The van der Waals surface area contributed by atoms with Gasteiger partial charge in [-0.25, -0.2) is 9.97 Å². The third-order valence-electron chi connectivity index (χ3n) is 7.38. The van der Waals surface area contributed by atoms with E-state index in [9.17, 15) is 4.79 Å². The van der Waals surface area contributed by atoms with E-state index in [-0.39, 0.29) is 12.0 Å². The van der Waals surface area contributed by atoms with E-state index in [2.05, 4.69) is 68.5 Å². The molecule has 1 atom stereocenters. The lowest BCUT2D eigenvalue weighted by molar-refractivity contribution is -0.119. The fourth-order valence-corrected chi connectivity index (χ4v) is 5.43. The SMILES string of the molecule is CC(=O)NCC1CC(n2cc(-c3ccc4c(c3)O[C@H](c3ccccc3)CC4)c3c(N)ncnc32)C1. The second-order valence-corrected chi connectivity index (χ2v) is 9.71. The summed E-state index contributed by atoms with van der Waals surface area (Å²) in [5.41, 5.74) is 11.7. The quantitative estimate of drug-likeness (QED) is 0.438. The van der Waals surface area contributed by atoms with Gasteiger partial charge < -0.3 is 20.4 Å². The number of fused-ring (bicyclic) bond motifs is 2. The number of anilines is 1. The van der Waals surface area contributed by atoms with Crippen LogP contribution in [0, 0.1) is 5.92 Å². The number of nitrogens with two attached hydrogens (primary N) is 1. The van der Waals surface area contributed by atoms with E-state index in [1.807, 2.05) is 6.07 Å². The number of benzene rings is 2. The van der Waals surface area contributed by atoms with Crippen molar-refractivity contribution >= 4 is 22.8 Å². The predicted molar refractivity (Wildman–Crippen MR) is 136 cm³/mol. The standard InChI is InChI=1S/C28H29N5O2/c1-17(34)30-14-18-11-22(12-18)33-15-23(26-27(29)31-16-32-28(26)33)21-8-7-20-9-10-24(35-25(20)13-21)19-5-3-2-4-6-19/h2-8,13,15-16,18,22,24H,9-12,14H2,1H3,(H,30,34)(H2,29,31,32)/t18?,22?,24-/m0/s1. The lowest BCUT2D eigenvalue weighted by atomic mass is 9.80. The van der Waals surface area contributed by atoms with Crippen molar-refractivity contribution in [2.75, 3.05) is 12.3 Å². The third-order valence-corrected chi connectivity index (χ3v) is 7.38. The summed E-state index contributed by atoms with van der Waals surface area (Å²) >= 11 is 0. The van der Waals surface area contributed by atoms with Crippen molar-refractivity contribution in [1.29, 1.82) is 0 Å². The second-order valence-electron chi connectivity index (χ2n) is 9.71. The van der Waals surface area contributed by atoms with Gasteiger partial charge in [0.15, 0.2) is 0 Å². The maximum Gasteiger partial charge on any atom is 0.216 e. The predicted octanol–water partition coefficient (Wildman–Crippen LogP) is 4.83. The molecule has 0 saturated heterocycles. The molecule has 4 aromatic rings. The van der Waals surface area contributed by atoms with E-state index < -0.39 is 0 Å². The summed E-state index contributed by atoms with van der Waals surface area (Å²) in [5.74, 6) is 1.92. The van der Waals surface area contributed by atoms with Crippen LogP contribution in [0.4, 0.5) is 5.82 Å². The van der Waals surface area contributed by atoms with Crippen LogP contribution in [0.2, 0.25) is 0 Å². The maximum absolute atomic E-state index is 11.3. The zero-order valence-electron chi connectivity index (χ0n) is 19.8. The molecule has 1 amide bonds. The number of rotatable bonds is 5. The highest BCUT2D eigenvalue weighted by atomic mass is 16.5. The first-order valence-corrected chi connectivity index (χ1v) is 12.3. The molecule has 1 saturated carbocycles. The second kappa shape index (κ2) is 8.73. The molecule has 7 nitrogen and oxygen atoms in total. The highest BCUT2D eigenvalue weighted by Crippen LogP contribution is 2.44. The van der Waals surface area contributed by atoms with E-state index >= 15 is 0 Å². The van der Waals surface area contributed by atoms with Crippen LogP contribution in [0.3, 0.4) is 0 Å². The molecule has 178 valence electrons. The number of nitrogens with one attached hydrogen (secondary N) is 1. The van der Waals surface area contributed by atoms with Crippen LogP contribution in [0.15, 0.2) is 61.1 Å². The van der Waals surface area contributed by atoms with Crippen LogP contribution in [0.1, 0.15) is 49.5 Å². The molecule has 3 N–H and O–H groups in total. The number of aromatic nitrogens is 3. The van der Waals surface area contributed by atoms with E-state index in [1.54, 1.807) is 6.92 Å². The maximum atomic E-state index is 11.3. The van der Waals surface area contributed by atoms with Gasteiger partial charge in [0.05, 0.1) is 5.39 Å². The molecule has 1 fully saturated rings. The van der Waals surface area contributed by atoms with Gasteiger partial charge in [0, 0.05) is 31.3 Å². The average molecular weight is 468 g/mol. The summed E-state index contributed by atoms with van der Waals surface area (Å²) in [5, 5.41) is 3.82. The van der Waals surface area contributed by atoms with Crippen molar-refractivity contribution in [1.82, 2.24) is 19.9 Å². The topological polar surface area (TPSA) is 95.1 Å². The summed E-state index contributed by atoms with van der Waals surface area (Å²) in [4.78, 5) is 20.1. The van der Waals surface area contributed by atoms with Crippen LogP contribution < -0.4 is 15.8 Å². The van der Waals surface area contributed by atoms with Gasteiger partial charge in [-0.1, -0.05) is 42.5 Å². The van der Waals surface area contributed by atoms with Gasteiger partial charge >= 0.3 is 0 Å². The Balaban J connectivity index is 1.32. The fraction of sp³-hybridized carbons (Fsp3) is 0.321. The van der Waals surface area contributed by atoms with Gasteiger partial charge in [-0.2, -0.15) is 0 Å². The molecule has 1 aliphatic carbocycles. The van der Waals surface area contributed by atoms with Crippen molar-refractivity contribution < 1.29 is 9.53 Å². The summed E-state index contributed by atoms with van der Waals surface area (Å²) in [6.45, 7) is 2.28. The first-order valence-electron chi connectivity index (χ1n) is 12.3. The van der Waals surface area contributed by atoms with E-state index in [4.69, 9.17) is 10.5 Å². The molecule has 0 bridgehead atoms. The van der Waals surface area contributed by atoms with E-state index in [0.29, 0.717) is 17.8 Å². The van der Waals surface area contributed by atoms with E-state index in [0.717, 1.165) is 60.1 Å². The number of nitrogens with zero attached hydrogens (tertiary/aromatic N) is 3. The number of carbonyl (C=O) groups excluding carboxylic acids is 1. The average Bonchev–Trinajstić information content (AvgIpc) is 3.23. The Kier molecular flexibility index (Phi) is 5.40. The lowest BCUT2D eigenvalue weighted by Crippen LogP contribution is -2.36. The Bertz CT molecular complexity index is 1390. The Morgan fingerprint density at radius 1 is 1.17 bits per heavy atom. The zero-order chi connectivity index (χ0) is 23.9. The van der Waals surface area contributed by atoms with Gasteiger partial charge in [0.25, 0.3) is 0 Å². The van der Waals surface area contributed by atoms with E-state index in [1.165, 1.54) is 17.5 Å². The van der Waals surface area contributed by atoms with Crippen molar-refractivity contribution in [3.8, 4) is 16.9 Å². The number of hydrogen-bond donors (Lipinski definition) is 2. The van der Waals surface area contributed by atoms with Crippen molar-refractivity contribution in [2.24, 2.45) is 5.92 Å². The van der Waals surface area contributed by atoms with Gasteiger partial charge in [-0.15, -0.1) is 0 Å². The molecule has 35 heavy (non-hydrogen) atoms. The molecule has 2 aromatic carbocycles. The summed E-state index contributed by atoms with van der Waals surface area (Å²) < 4.78 is 8.70. The van der Waals surface area contributed by atoms with Crippen molar-refractivity contribution in [3.63, 3.8) is 0 Å². The number of aryl methyl sites for hydroxylation is 1. The molecule has 2 aliphatic rings. The number of hydrogen-bond acceptors (Lipinski definition) is 5. The van der Waals surface area contributed by atoms with Crippen LogP contribution in [-0.2, 0) is 11.2 Å². The van der Waals surface area contributed by atoms with Crippen LogP contribution in [0.25, 0.3) is 22.2 Å². The first kappa shape index (κ1) is 21.6. The smallest absolute Gasteiger partial charge is 0.216 e. The van der Waals surface area contributed by atoms with Crippen LogP contribution in [-0.4, -0.2) is 27.0 Å². The van der Waals surface area contributed by atoms with Crippen LogP contribution >= 0.6 is 0 Å². The summed E-state index contributed by atoms with van der Waals surface area (Å²) in [6.07, 6.45) is 7.71. The van der Waals surface area contributed by atoms with Crippen molar-refractivity contribution in [2.45, 2.75) is 44.8 Å². The number of amides is 1. The largest absolute Gasteiger partial charge is 0.485 e. The Hall–Kier alpha value is -3.87. The monoisotopic (exact) mass is 467 g/mol. The molecule has 0 unspecified atom stereocenters. The third kappa shape index (κ3) is 4.01. The number of ether oxygens (including phenoxy) is 1. The Morgan fingerprint density at radius 3 is 2.80 bits per heavy atom. The molecular weight excluding hydrogens is 438 g/mol. The minimum absolute atomic E-state index is 0.0202. The zero-order valence-corrected chi connectivity index (χ0v) is 19.8. The molecule has 2 aromatic heterocycles. The lowest BCUT2D eigenvalue weighted by Gasteiger charge is -2.36. The minimum atomic E-state index is 0.0202.